The molecule has 6 heteroatoms. The van der Waals surface area contributed by atoms with Gasteiger partial charge in [-0.1, -0.05) is 32.5 Å². The monoisotopic (exact) mass is 297 g/mol. The van der Waals surface area contributed by atoms with Crippen molar-refractivity contribution in [3.05, 3.63) is 5.82 Å². The minimum absolute atomic E-state index is 0.0406. The number of carboxylic acid groups (broad SMARTS) is 1. The van der Waals surface area contributed by atoms with Gasteiger partial charge in [-0.05, 0) is 30.6 Å². The minimum Gasteiger partial charge on any atom is -0.481 e. The molecule has 0 saturated heterocycles. The summed E-state index contributed by atoms with van der Waals surface area (Å²) in [5.74, 6) is 0.856. The van der Waals surface area contributed by atoms with Crippen LogP contribution in [0, 0.1) is 11.3 Å². The zero-order valence-corrected chi connectivity index (χ0v) is 13.2. The van der Waals surface area contributed by atoms with E-state index < -0.39 is 5.97 Å². The number of carbonyl (C=O) groups is 1. The summed E-state index contributed by atoms with van der Waals surface area (Å²) >= 11 is 1.27. The van der Waals surface area contributed by atoms with E-state index in [1.54, 1.807) is 0 Å². The molecule has 20 heavy (non-hydrogen) atoms. The Morgan fingerprint density at radius 3 is 2.65 bits per heavy atom. The average molecular weight is 297 g/mol. The van der Waals surface area contributed by atoms with Gasteiger partial charge in [-0.3, -0.25) is 4.79 Å². The van der Waals surface area contributed by atoms with E-state index in [1.165, 1.54) is 24.6 Å². The average Bonchev–Trinajstić information content (AvgIpc) is 3.08. The fraction of sp³-hybridized carbons (Fsp3) is 0.786. The Kier molecular flexibility index (Phi) is 4.73. The fourth-order valence-electron chi connectivity index (χ4n) is 2.51. The molecule has 0 bridgehead atoms. The number of aryl methyl sites for hydroxylation is 1. The minimum atomic E-state index is -0.813. The van der Waals surface area contributed by atoms with Crippen LogP contribution in [0.25, 0.3) is 0 Å². The Balaban J connectivity index is 2.18. The molecule has 2 rings (SSSR count). The van der Waals surface area contributed by atoms with Gasteiger partial charge in [0.15, 0.2) is 5.16 Å². The number of hydrogen-bond donors (Lipinski definition) is 1. The topological polar surface area (TPSA) is 68.0 Å². The van der Waals surface area contributed by atoms with Crippen LogP contribution < -0.4 is 0 Å². The fourth-order valence-corrected chi connectivity index (χ4v) is 3.19. The molecule has 1 aromatic rings. The summed E-state index contributed by atoms with van der Waals surface area (Å²) in [6, 6.07) is 0. The van der Waals surface area contributed by atoms with Gasteiger partial charge in [0.05, 0.1) is 5.75 Å². The van der Waals surface area contributed by atoms with Crippen LogP contribution in [-0.2, 0) is 17.8 Å². The molecule has 1 aliphatic rings. The van der Waals surface area contributed by atoms with Gasteiger partial charge in [-0.15, -0.1) is 10.2 Å². The maximum Gasteiger partial charge on any atom is 0.313 e. The molecule has 1 aromatic heterocycles. The van der Waals surface area contributed by atoms with Gasteiger partial charge >= 0.3 is 5.97 Å². The van der Waals surface area contributed by atoms with E-state index in [0.717, 1.165) is 30.4 Å². The highest BCUT2D eigenvalue weighted by Crippen LogP contribution is 2.53. The second-order valence-electron chi connectivity index (χ2n) is 5.93. The van der Waals surface area contributed by atoms with Crippen molar-refractivity contribution in [2.45, 2.75) is 58.2 Å². The number of hydrogen-bond acceptors (Lipinski definition) is 4. The third-order valence-electron chi connectivity index (χ3n) is 4.18. The van der Waals surface area contributed by atoms with Crippen LogP contribution in [0.5, 0.6) is 0 Å². The third-order valence-corrected chi connectivity index (χ3v) is 5.13. The molecule has 0 amide bonds. The van der Waals surface area contributed by atoms with Gasteiger partial charge in [0.2, 0.25) is 0 Å². The van der Waals surface area contributed by atoms with Crippen molar-refractivity contribution in [3.63, 3.8) is 0 Å². The van der Waals surface area contributed by atoms with Crippen molar-refractivity contribution >= 4 is 17.7 Å². The van der Waals surface area contributed by atoms with Crippen molar-refractivity contribution < 1.29 is 9.90 Å². The number of nitrogens with zero attached hydrogens (tertiary/aromatic N) is 3. The van der Waals surface area contributed by atoms with Crippen molar-refractivity contribution in [1.82, 2.24) is 14.8 Å². The highest BCUT2D eigenvalue weighted by molar-refractivity contribution is 7.99. The number of aromatic nitrogens is 3. The second-order valence-corrected chi connectivity index (χ2v) is 6.88. The molecular formula is C14H23N3O2S. The second kappa shape index (κ2) is 6.16. The van der Waals surface area contributed by atoms with Gasteiger partial charge < -0.3 is 9.67 Å². The van der Waals surface area contributed by atoms with Crippen LogP contribution in [-0.4, -0.2) is 31.6 Å². The Bertz CT molecular complexity index is 481. The maximum absolute atomic E-state index is 10.7. The molecule has 1 heterocycles. The van der Waals surface area contributed by atoms with E-state index in [1.807, 2.05) is 0 Å². The first kappa shape index (κ1) is 15.4. The number of carboxylic acids is 1. The molecule has 1 N–H and O–H groups in total. The summed E-state index contributed by atoms with van der Waals surface area (Å²) in [5, 5.41) is 18.0. The number of aliphatic carboxylic acids is 1. The summed E-state index contributed by atoms with van der Waals surface area (Å²) in [4.78, 5) is 10.7. The summed E-state index contributed by atoms with van der Waals surface area (Å²) in [5.41, 5.74) is 0.364. The van der Waals surface area contributed by atoms with Crippen molar-refractivity contribution in [3.8, 4) is 0 Å². The zero-order chi connectivity index (χ0) is 14.8. The first-order chi connectivity index (χ1) is 9.48. The molecule has 0 spiro atoms. The molecule has 0 radical (unpaired) electrons. The Morgan fingerprint density at radius 1 is 1.45 bits per heavy atom. The van der Waals surface area contributed by atoms with Crippen LogP contribution in [0.15, 0.2) is 5.16 Å². The predicted octanol–water partition coefficient (Wildman–Crippen LogP) is 2.84. The maximum atomic E-state index is 10.7. The molecule has 1 fully saturated rings. The lowest BCUT2D eigenvalue weighted by Crippen LogP contribution is -2.20. The Morgan fingerprint density at radius 2 is 2.15 bits per heavy atom. The van der Waals surface area contributed by atoms with Crippen LogP contribution >= 0.6 is 11.8 Å². The summed E-state index contributed by atoms with van der Waals surface area (Å²) in [6.07, 6.45) is 4.42. The van der Waals surface area contributed by atoms with Gasteiger partial charge in [0.25, 0.3) is 0 Å². The third kappa shape index (κ3) is 3.34. The lowest BCUT2D eigenvalue weighted by atomic mass is 9.92. The first-order valence-electron chi connectivity index (χ1n) is 7.25. The number of thioether (sulfide) groups is 1. The van der Waals surface area contributed by atoms with E-state index in [9.17, 15) is 4.79 Å². The zero-order valence-electron chi connectivity index (χ0n) is 12.4. The lowest BCUT2D eigenvalue weighted by molar-refractivity contribution is -0.133. The Labute approximate surface area is 124 Å². The van der Waals surface area contributed by atoms with Crippen LogP contribution in [0.3, 0.4) is 0 Å². The normalized spacial score (nSPS) is 16.6. The van der Waals surface area contributed by atoms with Crippen molar-refractivity contribution in [1.29, 1.82) is 0 Å². The van der Waals surface area contributed by atoms with E-state index in [4.69, 9.17) is 5.11 Å². The lowest BCUT2D eigenvalue weighted by Gasteiger charge is -2.22. The molecule has 1 aliphatic carbocycles. The summed E-state index contributed by atoms with van der Waals surface area (Å²) < 4.78 is 2.16. The van der Waals surface area contributed by atoms with Crippen molar-refractivity contribution in [2.24, 2.45) is 11.3 Å². The molecule has 1 saturated carbocycles. The molecule has 0 aromatic carbocycles. The Hall–Kier alpha value is -1.04. The van der Waals surface area contributed by atoms with Gasteiger partial charge in [0, 0.05) is 13.0 Å². The number of rotatable bonds is 8. The molecule has 112 valence electrons. The molecular weight excluding hydrogens is 274 g/mol. The largest absolute Gasteiger partial charge is 0.481 e. The van der Waals surface area contributed by atoms with Crippen LogP contribution in [0.1, 0.15) is 45.9 Å². The van der Waals surface area contributed by atoms with E-state index in [0.29, 0.717) is 11.3 Å². The molecule has 5 nitrogen and oxygen atoms in total. The molecule has 0 aliphatic heterocycles. The SMILES string of the molecule is CCCc1nnc(SCC(=O)O)n1CC1(C(C)C)CC1. The first-order valence-corrected chi connectivity index (χ1v) is 8.24. The summed E-state index contributed by atoms with van der Waals surface area (Å²) in [7, 11) is 0. The van der Waals surface area contributed by atoms with Crippen LogP contribution in [0.2, 0.25) is 0 Å². The van der Waals surface area contributed by atoms with Crippen LogP contribution in [0.4, 0.5) is 0 Å². The van der Waals surface area contributed by atoms with Gasteiger partial charge in [0.1, 0.15) is 5.82 Å². The predicted molar refractivity (Wildman–Crippen MR) is 78.9 cm³/mol. The van der Waals surface area contributed by atoms with E-state index >= 15 is 0 Å². The van der Waals surface area contributed by atoms with Gasteiger partial charge in [-0.2, -0.15) is 0 Å². The van der Waals surface area contributed by atoms with Gasteiger partial charge in [-0.25, -0.2) is 0 Å². The van der Waals surface area contributed by atoms with E-state index in [2.05, 4.69) is 35.5 Å². The van der Waals surface area contributed by atoms with E-state index in [-0.39, 0.29) is 5.75 Å². The smallest absolute Gasteiger partial charge is 0.313 e. The summed E-state index contributed by atoms with van der Waals surface area (Å²) in [6.45, 7) is 7.58. The molecule has 0 unspecified atom stereocenters. The quantitative estimate of drug-likeness (QED) is 0.747. The van der Waals surface area contributed by atoms with Crippen molar-refractivity contribution in [2.75, 3.05) is 5.75 Å². The standard InChI is InChI=1S/C14H23N3O2S/c1-4-5-11-15-16-13(20-8-12(18)19)17(11)9-14(6-7-14)10(2)3/h10H,4-9H2,1-3H3,(H,18,19). The highest BCUT2D eigenvalue weighted by atomic mass is 32.2. The molecule has 0 atom stereocenters. The highest BCUT2D eigenvalue weighted by Gasteiger charge is 2.46.